The molecular weight excluding hydrogens is 308 g/mol. The Morgan fingerprint density at radius 1 is 1.12 bits per heavy atom. The fourth-order valence-corrected chi connectivity index (χ4v) is 7.58. The molecule has 5 aliphatic rings. The van der Waals surface area contributed by atoms with Gasteiger partial charge < -0.3 is 10.6 Å². The largest absolute Gasteiger partial charge is 0.341 e. The van der Waals surface area contributed by atoms with Crippen LogP contribution in [0.15, 0.2) is 30.3 Å². The van der Waals surface area contributed by atoms with E-state index in [1.54, 1.807) is 0 Å². The third-order valence-electron chi connectivity index (χ3n) is 7.70. The maximum absolute atomic E-state index is 13.6. The lowest BCUT2D eigenvalue weighted by molar-refractivity contribution is -0.169. The van der Waals surface area contributed by atoms with Crippen LogP contribution in [0.3, 0.4) is 0 Å². The summed E-state index contributed by atoms with van der Waals surface area (Å²) in [4.78, 5) is 15.7. The highest BCUT2D eigenvalue weighted by Gasteiger charge is 2.65. The second kappa shape index (κ2) is 5.09. The maximum atomic E-state index is 13.6. The van der Waals surface area contributed by atoms with Gasteiger partial charge in [-0.15, -0.1) is 0 Å². The molecule has 1 aliphatic heterocycles. The summed E-state index contributed by atoms with van der Waals surface area (Å²) in [7, 11) is 0. The minimum Gasteiger partial charge on any atom is -0.341 e. The van der Waals surface area contributed by atoms with Crippen LogP contribution in [-0.4, -0.2) is 29.9 Å². The molecule has 5 atom stereocenters. The first-order valence-electron chi connectivity index (χ1n) is 10.0. The van der Waals surface area contributed by atoms with Crippen molar-refractivity contribution in [3.05, 3.63) is 35.9 Å². The number of nitrogens with zero attached hydrogens (tertiary/aromatic N) is 1. The van der Waals surface area contributed by atoms with E-state index in [1.807, 2.05) is 0 Å². The summed E-state index contributed by atoms with van der Waals surface area (Å²) in [5.41, 5.74) is 7.99. The molecule has 1 heterocycles. The van der Waals surface area contributed by atoms with Gasteiger partial charge in [-0.2, -0.15) is 0 Å². The van der Waals surface area contributed by atoms with Crippen molar-refractivity contribution in [1.29, 1.82) is 0 Å². The summed E-state index contributed by atoms with van der Waals surface area (Å²) < 4.78 is 0. The highest BCUT2D eigenvalue weighted by Crippen LogP contribution is 2.70. The van der Waals surface area contributed by atoms with Crippen LogP contribution < -0.4 is 5.73 Å². The van der Waals surface area contributed by atoms with E-state index in [1.165, 1.54) is 24.8 Å². The average Bonchev–Trinajstić information content (AvgIpc) is 2.99. The van der Waals surface area contributed by atoms with Crippen LogP contribution in [0, 0.1) is 16.7 Å². The summed E-state index contributed by atoms with van der Waals surface area (Å²) in [6.45, 7) is 4.08. The van der Waals surface area contributed by atoms with E-state index in [0.29, 0.717) is 17.2 Å². The van der Waals surface area contributed by atoms with Gasteiger partial charge in [0.1, 0.15) is 0 Å². The number of carbonyl (C=O) groups excluding carboxylic acids is 1. The van der Waals surface area contributed by atoms with Crippen molar-refractivity contribution in [2.45, 2.75) is 63.3 Å². The van der Waals surface area contributed by atoms with Crippen LogP contribution in [0.5, 0.6) is 0 Å². The molecule has 3 heteroatoms. The van der Waals surface area contributed by atoms with E-state index in [4.69, 9.17) is 5.73 Å². The van der Waals surface area contributed by atoms with Gasteiger partial charge >= 0.3 is 0 Å². The predicted octanol–water partition coefficient (Wildman–Crippen LogP) is 3.47. The Kier molecular flexibility index (Phi) is 3.23. The van der Waals surface area contributed by atoms with E-state index in [2.05, 4.69) is 42.2 Å². The minimum atomic E-state index is -0.131. The Hall–Kier alpha value is -1.35. The fourth-order valence-electron chi connectivity index (χ4n) is 7.58. The number of benzene rings is 1. The molecule has 0 spiro atoms. The molecule has 1 amide bonds. The number of carbonyl (C=O) groups is 1. The van der Waals surface area contributed by atoms with Gasteiger partial charge in [-0.25, -0.2) is 0 Å². The maximum Gasteiger partial charge on any atom is 0.228 e. The van der Waals surface area contributed by atoms with Crippen LogP contribution in [0.4, 0.5) is 0 Å². The summed E-state index contributed by atoms with van der Waals surface area (Å²) in [6.07, 6.45) is 8.08. The van der Waals surface area contributed by atoms with E-state index in [9.17, 15) is 4.79 Å². The Morgan fingerprint density at radius 3 is 2.60 bits per heavy atom. The van der Waals surface area contributed by atoms with Crippen LogP contribution in [-0.2, 0) is 10.2 Å². The summed E-state index contributed by atoms with van der Waals surface area (Å²) in [5, 5.41) is 0. The molecule has 5 fully saturated rings. The zero-order valence-corrected chi connectivity index (χ0v) is 15.3. The Bertz CT molecular complexity index is 703. The van der Waals surface area contributed by atoms with Crippen LogP contribution in [0.25, 0.3) is 0 Å². The molecule has 3 nitrogen and oxygen atoms in total. The summed E-state index contributed by atoms with van der Waals surface area (Å²) in [5.74, 6) is 1.14. The summed E-state index contributed by atoms with van der Waals surface area (Å²) >= 11 is 0. The highest BCUT2D eigenvalue weighted by atomic mass is 16.2. The van der Waals surface area contributed by atoms with E-state index in [-0.39, 0.29) is 16.9 Å². The second-order valence-corrected chi connectivity index (χ2v) is 10.0. The average molecular weight is 338 g/mol. The fraction of sp³-hybridized carbons (Fsp3) is 0.682. The number of hydrogen-bond acceptors (Lipinski definition) is 2. The van der Waals surface area contributed by atoms with Crippen LogP contribution >= 0.6 is 0 Å². The van der Waals surface area contributed by atoms with Gasteiger partial charge in [-0.1, -0.05) is 37.3 Å². The normalized spacial score (nSPS) is 45.1. The number of amides is 1. The van der Waals surface area contributed by atoms with Crippen molar-refractivity contribution in [3.63, 3.8) is 0 Å². The molecule has 1 aromatic rings. The number of hydrogen-bond donors (Lipinski definition) is 1. The predicted molar refractivity (Wildman–Crippen MR) is 99.0 cm³/mol. The molecule has 4 bridgehead atoms. The van der Waals surface area contributed by atoms with Crippen molar-refractivity contribution in [3.8, 4) is 0 Å². The van der Waals surface area contributed by atoms with Gasteiger partial charge in [0.05, 0.1) is 5.41 Å². The molecule has 4 saturated carbocycles. The van der Waals surface area contributed by atoms with Gasteiger partial charge in [0.25, 0.3) is 0 Å². The van der Waals surface area contributed by atoms with Gasteiger partial charge in [-0.05, 0) is 67.3 Å². The lowest BCUT2D eigenvalue weighted by Crippen LogP contribution is -2.62. The number of nitrogens with two attached hydrogens (primary N) is 1. The van der Waals surface area contributed by atoms with E-state index >= 15 is 0 Å². The first kappa shape index (κ1) is 15.9. The van der Waals surface area contributed by atoms with Crippen molar-refractivity contribution in [2.75, 3.05) is 13.1 Å². The molecule has 2 N–H and O–H groups in total. The molecule has 4 aliphatic carbocycles. The molecule has 25 heavy (non-hydrogen) atoms. The van der Waals surface area contributed by atoms with Gasteiger partial charge in [0, 0.05) is 19.1 Å². The monoisotopic (exact) mass is 338 g/mol. The number of likely N-dealkylation sites (tertiary alicyclic amines) is 1. The first-order chi connectivity index (χ1) is 11.9. The topological polar surface area (TPSA) is 46.3 Å². The first-order valence-corrected chi connectivity index (χ1v) is 10.0. The smallest absolute Gasteiger partial charge is 0.228 e. The minimum absolute atomic E-state index is 0.131. The van der Waals surface area contributed by atoms with Crippen molar-refractivity contribution in [1.82, 2.24) is 4.90 Å². The quantitative estimate of drug-likeness (QED) is 0.897. The van der Waals surface area contributed by atoms with Gasteiger partial charge in [0.15, 0.2) is 0 Å². The number of rotatable bonds is 2. The van der Waals surface area contributed by atoms with E-state index < -0.39 is 0 Å². The molecule has 1 saturated heterocycles. The molecule has 0 radical (unpaired) electrons. The molecular formula is C22H30N2O. The van der Waals surface area contributed by atoms with Gasteiger partial charge in [0.2, 0.25) is 5.91 Å². The lowest BCUT2D eigenvalue weighted by Gasteiger charge is -2.66. The standard InChI is InChI=1S/C22H30N2O/c1-20-9-16-10-21(13-20,17-5-3-2-4-6-17)15-22(11-16,14-20)19(25)24-8-7-18(23)12-24/h2-6,16,18H,7-15,23H2,1H3/t16?,18-,20-,21-,22?/m1/s1. The lowest BCUT2D eigenvalue weighted by atomic mass is 9.38. The zero-order valence-electron chi connectivity index (χ0n) is 15.3. The van der Waals surface area contributed by atoms with E-state index in [0.717, 1.165) is 38.8 Å². The third kappa shape index (κ3) is 2.31. The van der Waals surface area contributed by atoms with Crippen LogP contribution in [0.1, 0.15) is 57.4 Å². The second-order valence-electron chi connectivity index (χ2n) is 10.0. The third-order valence-corrected chi connectivity index (χ3v) is 7.70. The Balaban J connectivity index is 1.54. The molecule has 134 valence electrons. The molecule has 0 aromatic heterocycles. The van der Waals surface area contributed by atoms with Crippen molar-refractivity contribution >= 4 is 5.91 Å². The highest BCUT2D eigenvalue weighted by molar-refractivity contribution is 5.84. The molecule has 2 unspecified atom stereocenters. The Labute approximate surface area is 151 Å². The van der Waals surface area contributed by atoms with Gasteiger partial charge in [-0.3, -0.25) is 4.79 Å². The SMILES string of the molecule is C[C@]12CC3CC(C(=O)N4CC[C@@H](N)C4)(C1)C[C@@](c1ccccc1)(C3)C2. The molecule has 1 aromatic carbocycles. The van der Waals surface area contributed by atoms with Crippen molar-refractivity contribution < 1.29 is 4.79 Å². The zero-order chi connectivity index (χ0) is 17.3. The molecule has 6 rings (SSSR count). The Morgan fingerprint density at radius 2 is 1.92 bits per heavy atom. The van der Waals surface area contributed by atoms with Crippen LogP contribution in [0.2, 0.25) is 0 Å². The summed E-state index contributed by atoms with van der Waals surface area (Å²) in [6, 6.07) is 11.2. The van der Waals surface area contributed by atoms with Crippen molar-refractivity contribution in [2.24, 2.45) is 22.5 Å².